The summed E-state index contributed by atoms with van der Waals surface area (Å²) < 4.78 is 22.8. The van der Waals surface area contributed by atoms with E-state index >= 15 is 0 Å². The van der Waals surface area contributed by atoms with Crippen LogP contribution in [0.1, 0.15) is 22.3 Å². The fourth-order valence-corrected chi connectivity index (χ4v) is 7.76. The first-order chi connectivity index (χ1) is 22.2. The number of ether oxygens (including phenoxy) is 3. The number of aliphatic hydroxyl groups is 1. The number of hydrogen-bond donors (Lipinski definition) is 2. The number of anilines is 1. The van der Waals surface area contributed by atoms with Crippen molar-refractivity contribution in [1.29, 1.82) is 0 Å². The van der Waals surface area contributed by atoms with E-state index < -0.39 is 64.4 Å². The molecule has 6 rings (SSSR count). The van der Waals surface area contributed by atoms with Crippen LogP contribution in [0.2, 0.25) is 0 Å². The molecule has 3 aromatic rings. The smallest absolute Gasteiger partial charge is 0.235 e. The number of aromatic nitrogens is 1. The quantitative estimate of drug-likeness (QED) is 0.346. The number of carbonyl (C=O) groups is 5. The number of oxazole rings is 1. The Hall–Kier alpha value is -4.82. The Bertz CT molecular complexity index is 1860. The van der Waals surface area contributed by atoms with Gasteiger partial charge in [0.1, 0.15) is 28.3 Å². The Kier molecular flexibility index (Phi) is 7.63. The van der Waals surface area contributed by atoms with Gasteiger partial charge in [0, 0.05) is 37.8 Å². The van der Waals surface area contributed by atoms with E-state index in [0.717, 1.165) is 0 Å². The van der Waals surface area contributed by atoms with Gasteiger partial charge in [-0.2, -0.15) is 0 Å². The van der Waals surface area contributed by atoms with Crippen molar-refractivity contribution in [3.05, 3.63) is 29.3 Å². The molecule has 2 aromatic carbocycles. The minimum absolute atomic E-state index is 0.00327. The predicted molar refractivity (Wildman–Crippen MR) is 167 cm³/mol. The third-order valence-electron chi connectivity index (χ3n) is 9.83. The molecule has 3 N–H and O–H groups in total. The molecule has 0 aliphatic heterocycles. The first-order valence-corrected chi connectivity index (χ1v) is 15.0. The maximum Gasteiger partial charge on any atom is 0.235 e. The zero-order chi connectivity index (χ0) is 34.3. The molecule has 2 saturated carbocycles. The highest BCUT2D eigenvalue weighted by molar-refractivity contribution is 6.32. The Morgan fingerprint density at radius 3 is 2.15 bits per heavy atom. The summed E-state index contributed by atoms with van der Waals surface area (Å²) >= 11 is 0. The molecule has 2 unspecified atom stereocenters. The molecule has 1 heterocycles. The van der Waals surface area contributed by atoms with Crippen molar-refractivity contribution < 1.29 is 47.7 Å². The molecule has 0 saturated heterocycles. The van der Waals surface area contributed by atoms with Crippen LogP contribution in [0, 0.1) is 23.7 Å². The number of primary amides is 1. The second-order valence-electron chi connectivity index (χ2n) is 12.7. The molecule has 3 aliphatic rings. The summed E-state index contributed by atoms with van der Waals surface area (Å²) in [4.78, 5) is 76.2. The lowest BCUT2D eigenvalue weighted by Crippen LogP contribution is -2.74. The van der Waals surface area contributed by atoms with E-state index in [-0.39, 0.29) is 29.9 Å². The molecule has 1 amide bonds. The van der Waals surface area contributed by atoms with E-state index in [1.54, 1.807) is 32.3 Å². The number of hydrogen-bond acceptors (Lipinski definition) is 13. The average molecular weight is 649 g/mol. The van der Waals surface area contributed by atoms with Crippen molar-refractivity contribution in [2.75, 3.05) is 54.4 Å². The zero-order valence-electron chi connectivity index (χ0n) is 27.1. The minimum atomic E-state index is -2.77. The highest BCUT2D eigenvalue weighted by Gasteiger charge is 2.69. The van der Waals surface area contributed by atoms with Gasteiger partial charge in [-0.1, -0.05) is 0 Å². The lowest BCUT2D eigenvalue weighted by Gasteiger charge is -2.52. The molecule has 0 spiro atoms. The fraction of sp³-hybridized carbons (Fsp3) is 0.455. The summed E-state index contributed by atoms with van der Waals surface area (Å²) in [6.45, 7) is 0. The van der Waals surface area contributed by atoms with Crippen molar-refractivity contribution in [2.24, 2.45) is 29.4 Å². The van der Waals surface area contributed by atoms with Crippen molar-refractivity contribution in [3.63, 3.8) is 0 Å². The van der Waals surface area contributed by atoms with Gasteiger partial charge in [0.15, 0.2) is 40.2 Å². The molecule has 14 nitrogen and oxygen atoms in total. The second kappa shape index (κ2) is 11.2. The maximum absolute atomic E-state index is 14.6. The molecular formula is C33H36N4O10. The molecular weight excluding hydrogens is 612 g/mol. The summed E-state index contributed by atoms with van der Waals surface area (Å²) in [5.41, 5.74) is 4.82. The van der Waals surface area contributed by atoms with Gasteiger partial charge in [-0.25, -0.2) is 4.98 Å². The number of methoxy groups -OCH3 is 3. The van der Waals surface area contributed by atoms with Gasteiger partial charge in [0.05, 0.1) is 38.9 Å². The highest BCUT2D eigenvalue weighted by Crippen LogP contribution is 2.52. The summed E-state index contributed by atoms with van der Waals surface area (Å²) in [5, 5.41) is 11.9. The first kappa shape index (κ1) is 32.1. The Morgan fingerprint density at radius 2 is 1.62 bits per heavy atom. The van der Waals surface area contributed by atoms with Crippen LogP contribution in [-0.4, -0.2) is 105 Å². The number of likely N-dealkylation sites (N-methyl/N-ethyl adjacent to an activating group) is 1. The van der Waals surface area contributed by atoms with Crippen molar-refractivity contribution in [3.8, 4) is 28.7 Å². The predicted octanol–water partition coefficient (Wildman–Crippen LogP) is 1.06. The van der Waals surface area contributed by atoms with E-state index in [1.807, 2.05) is 19.0 Å². The molecule has 47 heavy (non-hydrogen) atoms. The SMILES string of the molecule is COc1cc(OC)c(-c2nc3cc(N(C)C)c4c(c3o2)C(=O)C2C(=O)[C@]3(O)C(=O)C(C(N)=O)C(=O)[C@@H](N(C)C)[C@@H]3C[C@@H]2C4)c(OC)c1. The number of rotatable bonds is 7. The Balaban J connectivity index is 1.55. The van der Waals surface area contributed by atoms with Crippen LogP contribution in [-0.2, 0) is 25.6 Å². The number of ketones is 4. The molecule has 14 heteroatoms. The van der Waals surface area contributed by atoms with Crippen LogP contribution in [0.4, 0.5) is 5.69 Å². The van der Waals surface area contributed by atoms with Gasteiger partial charge in [-0.3, -0.25) is 28.9 Å². The number of nitrogens with zero attached hydrogens (tertiary/aromatic N) is 3. The van der Waals surface area contributed by atoms with Gasteiger partial charge in [-0.15, -0.1) is 0 Å². The Labute approximate surface area is 269 Å². The number of nitrogens with two attached hydrogens (primary N) is 1. The topological polar surface area (TPSA) is 192 Å². The lowest BCUT2D eigenvalue weighted by atomic mass is 9.52. The zero-order valence-corrected chi connectivity index (χ0v) is 27.1. The summed E-state index contributed by atoms with van der Waals surface area (Å²) in [5.74, 6) is -9.11. The lowest BCUT2D eigenvalue weighted by molar-refractivity contribution is -0.181. The summed E-state index contributed by atoms with van der Waals surface area (Å²) in [7, 11) is 11.2. The normalized spacial score (nSPS) is 27.0. The molecule has 0 bridgehead atoms. The standard InChI is InChI=1S/C33H36N4O10/c1-36(2)18-12-17-28(47-32(35-17)23-19(45-6)10-14(44-5)11-20(23)46-7)22-15(18)8-13-9-16-25(37(3)4)27(39)24(31(34)42)30(41)33(16,43)29(40)21(13)26(22)38/h10-13,16,21,24-25,43H,8-9H2,1-7H3,(H2,34,42)/t13-,16-,21?,24?,25-,33-/m0/s1. The van der Waals surface area contributed by atoms with Crippen LogP contribution in [0.5, 0.6) is 17.2 Å². The summed E-state index contributed by atoms with van der Waals surface area (Å²) in [6, 6.07) is 3.89. The summed E-state index contributed by atoms with van der Waals surface area (Å²) in [6.07, 6.45) is 0.206. The van der Waals surface area contributed by atoms with E-state index in [9.17, 15) is 29.1 Å². The largest absolute Gasteiger partial charge is 0.496 e. The first-order valence-electron chi connectivity index (χ1n) is 15.0. The maximum atomic E-state index is 14.6. The molecule has 3 aliphatic carbocycles. The van der Waals surface area contributed by atoms with Gasteiger partial charge in [0.25, 0.3) is 0 Å². The number of fused-ring (bicyclic) bond motifs is 5. The van der Waals surface area contributed by atoms with Crippen LogP contribution in [0.3, 0.4) is 0 Å². The molecule has 1 aromatic heterocycles. The van der Waals surface area contributed by atoms with E-state index in [4.69, 9.17) is 29.3 Å². The number of carbonyl (C=O) groups excluding carboxylic acids is 5. The van der Waals surface area contributed by atoms with Gasteiger partial charge >= 0.3 is 0 Å². The molecule has 2 fully saturated rings. The van der Waals surface area contributed by atoms with Gasteiger partial charge in [0.2, 0.25) is 11.8 Å². The number of benzene rings is 2. The van der Waals surface area contributed by atoms with E-state index in [0.29, 0.717) is 39.6 Å². The fourth-order valence-electron chi connectivity index (χ4n) is 7.76. The minimum Gasteiger partial charge on any atom is -0.496 e. The Morgan fingerprint density at radius 1 is 0.979 bits per heavy atom. The van der Waals surface area contributed by atoms with Crippen LogP contribution in [0.25, 0.3) is 22.6 Å². The average Bonchev–Trinajstić information content (AvgIpc) is 3.44. The van der Waals surface area contributed by atoms with E-state index in [2.05, 4.69) is 0 Å². The molecule has 248 valence electrons. The molecule has 6 atom stereocenters. The third-order valence-corrected chi connectivity index (χ3v) is 9.83. The van der Waals surface area contributed by atoms with Crippen LogP contribution < -0.4 is 24.8 Å². The van der Waals surface area contributed by atoms with Crippen LogP contribution >= 0.6 is 0 Å². The van der Waals surface area contributed by atoms with Gasteiger partial charge in [-0.05, 0) is 44.5 Å². The van der Waals surface area contributed by atoms with Crippen molar-refractivity contribution >= 4 is 45.8 Å². The van der Waals surface area contributed by atoms with Crippen molar-refractivity contribution in [2.45, 2.75) is 24.5 Å². The number of Topliss-reactive ketones (excluding diaryl/α,β-unsaturated/α-hetero) is 4. The van der Waals surface area contributed by atoms with E-state index in [1.165, 1.54) is 26.2 Å². The number of amides is 1. The van der Waals surface area contributed by atoms with Crippen molar-refractivity contribution in [1.82, 2.24) is 9.88 Å². The highest BCUT2D eigenvalue weighted by atomic mass is 16.5. The molecule has 0 radical (unpaired) electrons. The van der Waals surface area contributed by atoms with Gasteiger partial charge < -0.3 is 34.4 Å². The third kappa shape index (κ3) is 4.45. The monoisotopic (exact) mass is 648 g/mol. The second-order valence-corrected chi connectivity index (χ2v) is 12.7. The van der Waals surface area contributed by atoms with Crippen LogP contribution in [0.15, 0.2) is 22.6 Å².